The van der Waals surface area contributed by atoms with E-state index in [4.69, 9.17) is 9.73 Å². The highest BCUT2D eigenvalue weighted by atomic mass is 32.1. The Hall–Kier alpha value is -1.18. The summed E-state index contributed by atoms with van der Waals surface area (Å²) in [4.78, 5) is 15.6. The second kappa shape index (κ2) is 8.96. The van der Waals surface area contributed by atoms with E-state index in [0.29, 0.717) is 0 Å². The number of morpholine rings is 1. The number of nitrogens with one attached hydrogen (secondary N) is 1. The van der Waals surface area contributed by atoms with Gasteiger partial charge in [-0.25, -0.2) is 9.98 Å². The van der Waals surface area contributed by atoms with Crippen molar-refractivity contribution in [1.82, 2.24) is 20.1 Å². The monoisotopic (exact) mass is 365 g/mol. The molecule has 140 valence electrons. The zero-order valence-corrected chi connectivity index (χ0v) is 16.6. The maximum Gasteiger partial charge on any atom is 0.194 e. The summed E-state index contributed by atoms with van der Waals surface area (Å²) in [6, 6.07) is 0. The van der Waals surface area contributed by atoms with E-state index in [-0.39, 0.29) is 0 Å². The zero-order valence-electron chi connectivity index (χ0n) is 15.8. The van der Waals surface area contributed by atoms with Gasteiger partial charge in [-0.05, 0) is 33.1 Å². The van der Waals surface area contributed by atoms with E-state index < -0.39 is 0 Å². The van der Waals surface area contributed by atoms with Crippen LogP contribution in [0.2, 0.25) is 0 Å². The van der Waals surface area contributed by atoms with Crippen LogP contribution in [0.5, 0.6) is 0 Å². The van der Waals surface area contributed by atoms with Crippen LogP contribution in [0.25, 0.3) is 0 Å². The molecule has 2 saturated heterocycles. The first-order chi connectivity index (χ1) is 12.2. The van der Waals surface area contributed by atoms with Gasteiger partial charge in [0.05, 0.1) is 30.5 Å². The SMILES string of the molecule is CCNC(=NCc1sc(C)nc1C)N1CCC(CN2CCOCC2)C1. The number of nitrogens with zero attached hydrogens (tertiary/aromatic N) is 4. The van der Waals surface area contributed by atoms with Crippen LogP contribution in [0.15, 0.2) is 4.99 Å². The minimum atomic E-state index is 0.726. The van der Waals surface area contributed by atoms with Gasteiger partial charge in [0.25, 0.3) is 0 Å². The number of likely N-dealkylation sites (tertiary alicyclic amines) is 1. The van der Waals surface area contributed by atoms with Gasteiger partial charge in [-0.2, -0.15) is 0 Å². The molecule has 7 heteroatoms. The van der Waals surface area contributed by atoms with Gasteiger partial charge < -0.3 is 15.0 Å². The van der Waals surface area contributed by atoms with Gasteiger partial charge in [-0.3, -0.25) is 4.90 Å². The molecule has 0 amide bonds. The minimum absolute atomic E-state index is 0.726. The lowest BCUT2D eigenvalue weighted by Gasteiger charge is -2.29. The molecule has 1 N–H and O–H groups in total. The Bertz CT molecular complexity index is 582. The van der Waals surface area contributed by atoms with Crippen LogP contribution in [0.3, 0.4) is 0 Å². The fourth-order valence-corrected chi connectivity index (χ4v) is 4.48. The van der Waals surface area contributed by atoms with E-state index in [0.717, 1.165) is 75.1 Å². The molecule has 3 heterocycles. The summed E-state index contributed by atoms with van der Waals surface area (Å²) in [7, 11) is 0. The van der Waals surface area contributed by atoms with Gasteiger partial charge >= 0.3 is 0 Å². The normalized spacial score (nSPS) is 22.6. The lowest BCUT2D eigenvalue weighted by Crippen LogP contribution is -2.42. The van der Waals surface area contributed by atoms with E-state index >= 15 is 0 Å². The summed E-state index contributed by atoms with van der Waals surface area (Å²) in [5.41, 5.74) is 1.12. The van der Waals surface area contributed by atoms with Crippen molar-refractivity contribution in [3.8, 4) is 0 Å². The molecular weight excluding hydrogens is 334 g/mol. The first-order valence-electron chi connectivity index (χ1n) is 9.42. The number of aliphatic imine (C=N–C) groups is 1. The molecule has 3 rings (SSSR count). The third-order valence-electron chi connectivity index (χ3n) is 4.91. The molecule has 6 nitrogen and oxygen atoms in total. The fraction of sp³-hybridized carbons (Fsp3) is 0.778. The van der Waals surface area contributed by atoms with E-state index in [2.05, 4.69) is 40.9 Å². The molecule has 1 unspecified atom stereocenters. The van der Waals surface area contributed by atoms with Crippen LogP contribution in [0.1, 0.15) is 28.9 Å². The molecule has 0 aliphatic carbocycles. The summed E-state index contributed by atoms with van der Waals surface area (Å²) in [5.74, 6) is 1.78. The van der Waals surface area contributed by atoms with E-state index in [9.17, 15) is 0 Å². The molecule has 0 saturated carbocycles. The molecule has 1 aromatic heterocycles. The predicted octanol–water partition coefficient (Wildman–Crippen LogP) is 1.88. The van der Waals surface area contributed by atoms with Gasteiger partial charge in [0.1, 0.15) is 0 Å². The number of hydrogen-bond acceptors (Lipinski definition) is 5. The largest absolute Gasteiger partial charge is 0.379 e. The van der Waals surface area contributed by atoms with Crippen LogP contribution in [-0.4, -0.2) is 73.2 Å². The lowest BCUT2D eigenvalue weighted by molar-refractivity contribution is 0.0315. The molecule has 2 aliphatic rings. The summed E-state index contributed by atoms with van der Waals surface area (Å²) in [6.45, 7) is 15.2. The van der Waals surface area contributed by atoms with Crippen LogP contribution in [0, 0.1) is 19.8 Å². The molecule has 0 aromatic carbocycles. The molecule has 1 aromatic rings. The summed E-state index contributed by atoms with van der Waals surface area (Å²) in [6.07, 6.45) is 1.25. The average molecular weight is 366 g/mol. The standard InChI is InChI=1S/C18H31N5OS/c1-4-19-18(20-11-17-14(2)21-15(3)25-17)23-6-5-16(13-23)12-22-7-9-24-10-8-22/h16H,4-13H2,1-3H3,(H,19,20). The van der Waals surface area contributed by atoms with Crippen LogP contribution in [-0.2, 0) is 11.3 Å². The zero-order chi connectivity index (χ0) is 17.6. The summed E-state index contributed by atoms with van der Waals surface area (Å²) in [5, 5.41) is 4.60. The van der Waals surface area contributed by atoms with Gasteiger partial charge in [0.15, 0.2) is 5.96 Å². The summed E-state index contributed by atoms with van der Waals surface area (Å²) >= 11 is 1.76. The van der Waals surface area contributed by atoms with Crippen LogP contribution < -0.4 is 5.32 Å². The number of ether oxygens (including phenoxy) is 1. The van der Waals surface area contributed by atoms with Crippen molar-refractivity contribution in [3.63, 3.8) is 0 Å². The molecule has 0 spiro atoms. The lowest BCUT2D eigenvalue weighted by atomic mass is 10.1. The smallest absolute Gasteiger partial charge is 0.194 e. The first-order valence-corrected chi connectivity index (χ1v) is 10.2. The number of guanidine groups is 1. The molecule has 1 atom stereocenters. The van der Waals surface area contributed by atoms with E-state index in [1.165, 1.54) is 17.8 Å². The Morgan fingerprint density at radius 3 is 2.80 bits per heavy atom. The second-order valence-corrected chi connectivity index (χ2v) is 8.21. The van der Waals surface area contributed by atoms with Gasteiger partial charge in [-0.15, -0.1) is 11.3 Å². The van der Waals surface area contributed by atoms with Crippen molar-refractivity contribution in [2.24, 2.45) is 10.9 Å². The number of hydrogen-bond donors (Lipinski definition) is 1. The second-order valence-electron chi connectivity index (χ2n) is 6.93. The van der Waals surface area contributed by atoms with Crippen molar-refractivity contribution in [1.29, 1.82) is 0 Å². The minimum Gasteiger partial charge on any atom is -0.379 e. The van der Waals surface area contributed by atoms with Crippen LogP contribution >= 0.6 is 11.3 Å². The fourth-order valence-electron chi connectivity index (χ4n) is 3.62. The Morgan fingerprint density at radius 2 is 2.12 bits per heavy atom. The highest BCUT2D eigenvalue weighted by Crippen LogP contribution is 2.20. The number of thiazole rings is 1. The number of aromatic nitrogens is 1. The number of rotatable bonds is 5. The van der Waals surface area contributed by atoms with Crippen molar-refractivity contribution < 1.29 is 4.74 Å². The van der Waals surface area contributed by atoms with E-state index in [1.807, 2.05) is 0 Å². The van der Waals surface area contributed by atoms with E-state index in [1.54, 1.807) is 11.3 Å². The maximum atomic E-state index is 5.46. The van der Waals surface area contributed by atoms with Crippen molar-refractivity contribution in [3.05, 3.63) is 15.6 Å². The Labute approximate surface area is 155 Å². The molecule has 0 bridgehead atoms. The van der Waals surface area contributed by atoms with Gasteiger partial charge in [0, 0.05) is 44.1 Å². The Kier molecular flexibility index (Phi) is 6.67. The number of aryl methyl sites for hydroxylation is 2. The van der Waals surface area contributed by atoms with Gasteiger partial charge in [-0.1, -0.05) is 0 Å². The van der Waals surface area contributed by atoms with Gasteiger partial charge in [0.2, 0.25) is 0 Å². The topological polar surface area (TPSA) is 53.0 Å². The summed E-state index contributed by atoms with van der Waals surface area (Å²) < 4.78 is 5.46. The first kappa shape index (κ1) is 18.6. The maximum absolute atomic E-state index is 5.46. The molecule has 0 radical (unpaired) electrons. The Morgan fingerprint density at radius 1 is 1.32 bits per heavy atom. The molecule has 2 fully saturated rings. The van der Waals surface area contributed by atoms with Crippen LogP contribution in [0.4, 0.5) is 0 Å². The Balaban J connectivity index is 1.56. The quantitative estimate of drug-likeness (QED) is 0.638. The van der Waals surface area contributed by atoms with Crippen molar-refractivity contribution in [2.75, 3.05) is 52.5 Å². The third kappa shape index (κ3) is 5.15. The molecule has 2 aliphatic heterocycles. The third-order valence-corrected chi connectivity index (χ3v) is 5.97. The van der Waals surface area contributed by atoms with Crippen molar-refractivity contribution >= 4 is 17.3 Å². The molecular formula is C18H31N5OS. The average Bonchev–Trinajstić information content (AvgIpc) is 3.18. The molecule has 25 heavy (non-hydrogen) atoms. The predicted molar refractivity (Wildman–Crippen MR) is 103 cm³/mol. The highest BCUT2D eigenvalue weighted by Gasteiger charge is 2.27. The van der Waals surface area contributed by atoms with Crippen molar-refractivity contribution in [2.45, 2.75) is 33.7 Å². The highest BCUT2D eigenvalue weighted by molar-refractivity contribution is 7.11.